The monoisotopic (exact) mass is 463 g/mol. The Morgan fingerprint density at radius 3 is 2.35 bits per heavy atom. The lowest BCUT2D eigenvalue weighted by atomic mass is 10.1. The molecule has 2 aromatic rings. The summed E-state index contributed by atoms with van der Waals surface area (Å²) < 4.78 is 25.8. The number of carbonyl (C=O) groups is 1. The van der Waals surface area contributed by atoms with Crippen molar-refractivity contribution in [1.29, 1.82) is 0 Å². The van der Waals surface area contributed by atoms with Gasteiger partial charge in [-0.1, -0.05) is 23.7 Å². The maximum absolute atomic E-state index is 12.7. The van der Waals surface area contributed by atoms with Crippen molar-refractivity contribution in [3.05, 3.63) is 58.6 Å². The molecule has 3 rings (SSSR count). The standard InChI is InChI=1S/C23H30ClN3O3S/c1-17-15-20(24)9-12-22(17)27(31(3,29)30)16-23(28)25-18(2)19-7-10-21(11-8-19)26-13-5-4-6-14-26/h7-12,15,18H,4-6,13-14,16H2,1-3H3,(H,25,28). The van der Waals surface area contributed by atoms with Gasteiger partial charge in [0.2, 0.25) is 15.9 Å². The van der Waals surface area contributed by atoms with E-state index in [0.29, 0.717) is 16.3 Å². The van der Waals surface area contributed by atoms with Gasteiger partial charge in [0.25, 0.3) is 0 Å². The zero-order chi connectivity index (χ0) is 22.6. The third-order valence-corrected chi connectivity index (χ3v) is 6.97. The molecule has 0 aliphatic carbocycles. The smallest absolute Gasteiger partial charge is 0.241 e. The summed E-state index contributed by atoms with van der Waals surface area (Å²) in [6.07, 6.45) is 4.82. The summed E-state index contributed by atoms with van der Waals surface area (Å²) in [5.74, 6) is -0.368. The molecular weight excluding hydrogens is 434 g/mol. The molecule has 1 amide bonds. The van der Waals surface area contributed by atoms with Crippen molar-refractivity contribution >= 4 is 38.9 Å². The zero-order valence-corrected chi connectivity index (χ0v) is 19.8. The van der Waals surface area contributed by atoms with Crippen LogP contribution in [-0.2, 0) is 14.8 Å². The number of amides is 1. The molecule has 31 heavy (non-hydrogen) atoms. The van der Waals surface area contributed by atoms with Crippen LogP contribution in [0, 0.1) is 6.92 Å². The molecule has 0 radical (unpaired) electrons. The fourth-order valence-electron chi connectivity index (χ4n) is 3.91. The first-order chi connectivity index (χ1) is 14.6. The van der Waals surface area contributed by atoms with Crippen LogP contribution in [0.15, 0.2) is 42.5 Å². The predicted octanol–water partition coefficient (Wildman–Crippen LogP) is 4.28. The number of hydrogen-bond acceptors (Lipinski definition) is 4. The van der Waals surface area contributed by atoms with Gasteiger partial charge in [0.1, 0.15) is 6.54 Å². The maximum Gasteiger partial charge on any atom is 0.241 e. The highest BCUT2D eigenvalue weighted by Crippen LogP contribution is 2.26. The van der Waals surface area contributed by atoms with Crippen molar-refractivity contribution in [1.82, 2.24) is 5.32 Å². The number of aryl methyl sites for hydroxylation is 1. The summed E-state index contributed by atoms with van der Waals surface area (Å²) in [4.78, 5) is 15.1. The Hall–Kier alpha value is -2.25. The van der Waals surface area contributed by atoms with Crippen LogP contribution in [0.3, 0.4) is 0 Å². The third-order valence-electron chi connectivity index (χ3n) is 5.61. The van der Waals surface area contributed by atoms with Crippen LogP contribution in [0.2, 0.25) is 5.02 Å². The van der Waals surface area contributed by atoms with Crippen molar-refractivity contribution in [2.24, 2.45) is 0 Å². The van der Waals surface area contributed by atoms with E-state index in [9.17, 15) is 13.2 Å². The van der Waals surface area contributed by atoms with Crippen LogP contribution >= 0.6 is 11.6 Å². The lowest BCUT2D eigenvalue weighted by Gasteiger charge is -2.29. The summed E-state index contributed by atoms with van der Waals surface area (Å²) in [6.45, 7) is 5.53. The van der Waals surface area contributed by atoms with Crippen LogP contribution in [-0.4, -0.2) is 40.2 Å². The Morgan fingerprint density at radius 2 is 1.77 bits per heavy atom. The van der Waals surface area contributed by atoms with E-state index in [1.54, 1.807) is 25.1 Å². The number of nitrogens with zero attached hydrogens (tertiary/aromatic N) is 2. The maximum atomic E-state index is 12.7. The Balaban J connectivity index is 1.67. The number of anilines is 2. The normalized spacial score (nSPS) is 15.4. The second-order valence-electron chi connectivity index (χ2n) is 8.13. The van der Waals surface area contributed by atoms with E-state index in [-0.39, 0.29) is 18.5 Å². The summed E-state index contributed by atoms with van der Waals surface area (Å²) >= 11 is 5.99. The molecule has 0 spiro atoms. The Kier molecular flexibility index (Phi) is 7.49. The minimum absolute atomic E-state index is 0.240. The van der Waals surface area contributed by atoms with Crippen molar-refractivity contribution in [2.45, 2.75) is 39.2 Å². The number of sulfonamides is 1. The molecule has 1 atom stereocenters. The van der Waals surface area contributed by atoms with Gasteiger partial charge in [0, 0.05) is 23.8 Å². The first-order valence-electron chi connectivity index (χ1n) is 10.5. The average molecular weight is 464 g/mol. The molecule has 1 aliphatic heterocycles. The van der Waals surface area contributed by atoms with Crippen LogP contribution in [0.25, 0.3) is 0 Å². The van der Waals surface area contributed by atoms with Crippen LogP contribution in [0.4, 0.5) is 11.4 Å². The van der Waals surface area contributed by atoms with E-state index in [1.165, 1.54) is 24.9 Å². The fourth-order valence-corrected chi connectivity index (χ4v) is 5.05. The van der Waals surface area contributed by atoms with Gasteiger partial charge in [0.15, 0.2) is 0 Å². The van der Waals surface area contributed by atoms with Gasteiger partial charge in [0.05, 0.1) is 18.0 Å². The van der Waals surface area contributed by atoms with Crippen LogP contribution in [0.5, 0.6) is 0 Å². The highest BCUT2D eigenvalue weighted by Gasteiger charge is 2.23. The lowest BCUT2D eigenvalue weighted by Crippen LogP contribution is -2.41. The third kappa shape index (κ3) is 6.14. The Bertz CT molecular complexity index is 1020. The van der Waals surface area contributed by atoms with Crippen molar-refractivity contribution < 1.29 is 13.2 Å². The van der Waals surface area contributed by atoms with E-state index < -0.39 is 10.0 Å². The van der Waals surface area contributed by atoms with E-state index in [2.05, 4.69) is 22.3 Å². The molecule has 0 bridgehead atoms. The molecule has 8 heteroatoms. The Labute approximate surface area is 190 Å². The molecule has 1 fully saturated rings. The summed E-state index contributed by atoms with van der Waals surface area (Å²) in [6, 6.07) is 12.9. The molecule has 0 aromatic heterocycles. The number of hydrogen-bond donors (Lipinski definition) is 1. The summed E-state index contributed by atoms with van der Waals surface area (Å²) in [5.41, 5.74) is 3.30. The van der Waals surface area contributed by atoms with Crippen molar-refractivity contribution in [2.75, 3.05) is 35.1 Å². The molecular formula is C23H30ClN3O3S. The van der Waals surface area contributed by atoms with E-state index in [1.807, 2.05) is 19.1 Å². The largest absolute Gasteiger partial charge is 0.372 e. The summed E-state index contributed by atoms with van der Waals surface area (Å²) in [7, 11) is -3.64. The predicted molar refractivity (Wildman–Crippen MR) is 127 cm³/mol. The van der Waals surface area contributed by atoms with Gasteiger partial charge in [-0.3, -0.25) is 9.10 Å². The molecule has 1 aliphatic rings. The molecule has 1 N–H and O–H groups in total. The zero-order valence-electron chi connectivity index (χ0n) is 18.3. The van der Waals surface area contributed by atoms with Crippen molar-refractivity contribution in [3.63, 3.8) is 0 Å². The minimum atomic E-state index is -3.64. The molecule has 168 valence electrons. The highest BCUT2D eigenvalue weighted by molar-refractivity contribution is 7.92. The lowest BCUT2D eigenvalue weighted by molar-refractivity contribution is -0.120. The first kappa shape index (κ1) is 23.4. The first-order valence-corrected chi connectivity index (χ1v) is 12.8. The SMILES string of the molecule is Cc1cc(Cl)ccc1N(CC(=O)NC(C)c1ccc(N2CCCCC2)cc1)S(C)(=O)=O. The van der Waals surface area contributed by atoms with Gasteiger partial charge in [-0.05, 0) is 74.6 Å². The van der Waals surface area contributed by atoms with Crippen LogP contribution in [0.1, 0.15) is 43.4 Å². The number of halogens is 1. The second-order valence-corrected chi connectivity index (χ2v) is 10.5. The fraction of sp³-hybridized carbons (Fsp3) is 0.435. The molecule has 6 nitrogen and oxygen atoms in total. The number of benzene rings is 2. The minimum Gasteiger partial charge on any atom is -0.372 e. The molecule has 1 heterocycles. The van der Waals surface area contributed by atoms with Crippen LogP contribution < -0.4 is 14.5 Å². The van der Waals surface area contributed by atoms with Gasteiger partial charge in [-0.2, -0.15) is 0 Å². The van der Waals surface area contributed by atoms with Gasteiger partial charge in [-0.15, -0.1) is 0 Å². The molecule has 0 saturated carbocycles. The van der Waals surface area contributed by atoms with Gasteiger partial charge >= 0.3 is 0 Å². The number of rotatable bonds is 7. The summed E-state index contributed by atoms with van der Waals surface area (Å²) in [5, 5.41) is 3.43. The average Bonchev–Trinajstić information content (AvgIpc) is 2.72. The number of nitrogens with one attached hydrogen (secondary N) is 1. The van der Waals surface area contributed by atoms with E-state index in [4.69, 9.17) is 11.6 Å². The molecule has 1 saturated heterocycles. The van der Waals surface area contributed by atoms with Gasteiger partial charge < -0.3 is 10.2 Å². The quantitative estimate of drug-likeness (QED) is 0.665. The number of piperidine rings is 1. The van der Waals surface area contributed by atoms with Gasteiger partial charge in [-0.25, -0.2) is 8.42 Å². The second kappa shape index (κ2) is 9.92. The van der Waals surface area contributed by atoms with E-state index in [0.717, 1.165) is 29.2 Å². The highest BCUT2D eigenvalue weighted by atomic mass is 35.5. The molecule has 2 aromatic carbocycles. The van der Waals surface area contributed by atoms with E-state index >= 15 is 0 Å². The molecule has 1 unspecified atom stereocenters. The topological polar surface area (TPSA) is 69.7 Å². The Morgan fingerprint density at radius 1 is 1.13 bits per heavy atom. The number of carbonyl (C=O) groups excluding carboxylic acids is 1. The van der Waals surface area contributed by atoms with Crippen molar-refractivity contribution in [3.8, 4) is 0 Å².